The first kappa shape index (κ1) is 18.9. The van der Waals surface area contributed by atoms with Crippen molar-refractivity contribution >= 4 is 37.5 Å². The Labute approximate surface area is 154 Å². The third kappa shape index (κ3) is 3.80. The van der Waals surface area contributed by atoms with Crippen LogP contribution in [0, 0.1) is 5.82 Å². The Morgan fingerprint density at radius 1 is 1.19 bits per heavy atom. The molecular weight excluding hydrogens is 401 g/mol. The number of aromatic hydroxyl groups is 1. The molecule has 1 saturated heterocycles. The number of phenolic OH excluding ortho intramolecular Hbond substituents is 1. The molecule has 0 spiro atoms. The van der Waals surface area contributed by atoms with Gasteiger partial charge in [-0.1, -0.05) is 12.1 Å². The van der Waals surface area contributed by atoms with E-state index >= 15 is 0 Å². The van der Waals surface area contributed by atoms with Crippen LogP contribution in [0.5, 0.6) is 5.75 Å². The third-order valence-corrected chi connectivity index (χ3v) is 5.65. The molecule has 2 aromatic carbocycles. The summed E-state index contributed by atoms with van der Waals surface area (Å²) in [5.41, 5.74) is -0.117. The van der Waals surface area contributed by atoms with Crippen molar-refractivity contribution in [1.82, 2.24) is 4.72 Å². The van der Waals surface area contributed by atoms with Crippen LogP contribution in [0.25, 0.3) is 11.1 Å². The Bertz CT molecular complexity index is 1130. The summed E-state index contributed by atoms with van der Waals surface area (Å²) in [5, 5.41) is 9.95. The molecule has 1 heterocycles. The second-order valence-corrected chi connectivity index (χ2v) is 9.13. The Hall–Kier alpha value is -2.86. The van der Waals surface area contributed by atoms with Crippen molar-refractivity contribution in [2.45, 2.75) is 0 Å². The molecule has 0 unspecified atom stereocenters. The summed E-state index contributed by atoms with van der Waals surface area (Å²) in [4.78, 5) is 11.4. The highest BCUT2D eigenvalue weighted by molar-refractivity contribution is 7.92. The van der Waals surface area contributed by atoms with Gasteiger partial charge in [-0.2, -0.15) is 8.42 Å². The minimum absolute atomic E-state index is 0.0387. The number of benzene rings is 2. The highest BCUT2D eigenvalue weighted by Gasteiger charge is 2.37. The van der Waals surface area contributed by atoms with Crippen LogP contribution in [0.3, 0.4) is 0 Å². The Morgan fingerprint density at radius 2 is 1.81 bits per heavy atom. The maximum Gasteiger partial charge on any atom is 0.326 e. The van der Waals surface area contributed by atoms with Gasteiger partial charge in [0.25, 0.3) is 5.91 Å². The first-order valence-electron chi connectivity index (χ1n) is 7.41. The molecule has 0 atom stereocenters. The lowest BCUT2D eigenvalue weighted by Crippen LogP contribution is -2.30. The van der Waals surface area contributed by atoms with Gasteiger partial charge in [0.1, 0.15) is 18.0 Å². The molecule has 0 aromatic heterocycles. The van der Waals surface area contributed by atoms with E-state index in [-0.39, 0.29) is 11.3 Å². The van der Waals surface area contributed by atoms with Crippen molar-refractivity contribution in [3.63, 3.8) is 0 Å². The second kappa shape index (κ2) is 6.39. The molecule has 9 nitrogen and oxygen atoms in total. The zero-order valence-electron chi connectivity index (χ0n) is 13.8. The van der Waals surface area contributed by atoms with Crippen LogP contribution in [-0.4, -0.2) is 40.6 Å². The lowest BCUT2D eigenvalue weighted by Gasteiger charge is -2.18. The number of sulfonamides is 1. The lowest BCUT2D eigenvalue weighted by atomic mass is 10.0. The van der Waals surface area contributed by atoms with Gasteiger partial charge in [-0.05, 0) is 29.8 Å². The van der Waals surface area contributed by atoms with Crippen molar-refractivity contribution in [2.75, 3.05) is 21.8 Å². The maximum absolute atomic E-state index is 15.0. The molecule has 0 aliphatic carbocycles. The number of rotatable bonds is 4. The van der Waals surface area contributed by atoms with E-state index in [1.165, 1.54) is 30.3 Å². The number of nitrogens with zero attached hydrogens (tertiary/aromatic N) is 1. The molecule has 27 heavy (non-hydrogen) atoms. The maximum atomic E-state index is 15.0. The normalized spacial score (nSPS) is 16.2. The van der Waals surface area contributed by atoms with E-state index in [1.807, 2.05) is 0 Å². The molecule has 1 aliphatic rings. The molecule has 0 saturated carbocycles. The van der Waals surface area contributed by atoms with Crippen LogP contribution in [-0.2, 0) is 25.0 Å². The van der Waals surface area contributed by atoms with Gasteiger partial charge < -0.3 is 5.11 Å². The Morgan fingerprint density at radius 3 is 2.33 bits per heavy atom. The lowest BCUT2D eigenvalue weighted by molar-refractivity contribution is -0.117. The van der Waals surface area contributed by atoms with Crippen LogP contribution < -0.4 is 13.7 Å². The van der Waals surface area contributed by atoms with Crippen molar-refractivity contribution in [3.8, 4) is 16.9 Å². The Kier molecular flexibility index (Phi) is 4.48. The number of hydrogen-bond acceptors (Lipinski definition) is 6. The molecule has 3 N–H and O–H groups in total. The standard InChI is InChI=1S/C15H14FN3O6S2/c1-26(22,23)17-10-4-2-9(3-5-10)11-6-7-12(20)15(14(11)16)19-8-13(21)18-27(19,24)25/h2-7,17,20H,8H2,1H3,(H,18,21). The van der Waals surface area contributed by atoms with E-state index in [1.54, 1.807) is 4.72 Å². The minimum Gasteiger partial charge on any atom is -0.506 e. The van der Waals surface area contributed by atoms with Gasteiger partial charge in [0.15, 0.2) is 5.82 Å². The summed E-state index contributed by atoms with van der Waals surface area (Å²) in [7, 11) is -7.78. The summed E-state index contributed by atoms with van der Waals surface area (Å²) >= 11 is 0. The van der Waals surface area contributed by atoms with E-state index in [0.29, 0.717) is 9.87 Å². The summed E-state index contributed by atoms with van der Waals surface area (Å²) < 4.78 is 65.8. The van der Waals surface area contributed by atoms with E-state index in [4.69, 9.17) is 0 Å². The van der Waals surface area contributed by atoms with E-state index in [0.717, 1.165) is 12.3 Å². The summed E-state index contributed by atoms with van der Waals surface area (Å²) in [6.07, 6.45) is 0.985. The minimum atomic E-state index is -4.30. The fourth-order valence-electron chi connectivity index (χ4n) is 2.59. The summed E-state index contributed by atoms with van der Waals surface area (Å²) in [5.74, 6) is -2.54. The zero-order valence-corrected chi connectivity index (χ0v) is 15.4. The van der Waals surface area contributed by atoms with E-state index < -0.39 is 49.9 Å². The fourth-order valence-corrected chi connectivity index (χ4v) is 4.32. The first-order chi connectivity index (χ1) is 12.5. The number of anilines is 2. The number of halogens is 1. The molecule has 0 radical (unpaired) electrons. The smallest absolute Gasteiger partial charge is 0.326 e. The van der Waals surface area contributed by atoms with Crippen LogP contribution >= 0.6 is 0 Å². The van der Waals surface area contributed by atoms with Gasteiger partial charge in [-0.15, -0.1) is 0 Å². The highest BCUT2D eigenvalue weighted by atomic mass is 32.2. The molecule has 3 rings (SSSR count). The number of hydrogen-bond donors (Lipinski definition) is 3. The average molecular weight is 415 g/mol. The van der Waals surface area contributed by atoms with Crippen molar-refractivity contribution in [2.24, 2.45) is 0 Å². The SMILES string of the molecule is CS(=O)(=O)Nc1ccc(-c2ccc(O)c(N3CC(=O)NS3(=O)=O)c2F)cc1. The fraction of sp³-hybridized carbons (Fsp3) is 0.133. The monoisotopic (exact) mass is 415 g/mol. The van der Waals surface area contributed by atoms with Gasteiger partial charge in [-0.3, -0.25) is 9.52 Å². The molecule has 2 aromatic rings. The van der Waals surface area contributed by atoms with Crippen molar-refractivity contribution < 1.29 is 31.1 Å². The topological polar surface area (TPSA) is 133 Å². The molecule has 144 valence electrons. The second-order valence-electron chi connectivity index (χ2n) is 5.78. The molecule has 1 amide bonds. The van der Waals surface area contributed by atoms with Crippen molar-refractivity contribution in [1.29, 1.82) is 0 Å². The van der Waals surface area contributed by atoms with Crippen LogP contribution in [0.15, 0.2) is 36.4 Å². The quantitative estimate of drug-likeness (QED) is 0.675. The molecule has 1 aliphatic heterocycles. The number of nitrogens with one attached hydrogen (secondary N) is 2. The number of amides is 1. The van der Waals surface area contributed by atoms with Gasteiger partial charge >= 0.3 is 10.2 Å². The third-order valence-electron chi connectivity index (χ3n) is 3.66. The molecule has 1 fully saturated rings. The molecular formula is C15H14FN3O6S2. The summed E-state index contributed by atoms with van der Waals surface area (Å²) in [6.45, 7) is -0.659. The van der Waals surface area contributed by atoms with Gasteiger partial charge in [0.05, 0.1) is 6.26 Å². The molecule has 0 bridgehead atoms. The van der Waals surface area contributed by atoms with Crippen LogP contribution in [0.2, 0.25) is 0 Å². The first-order valence-corrected chi connectivity index (χ1v) is 10.7. The van der Waals surface area contributed by atoms with Crippen LogP contribution in [0.4, 0.5) is 15.8 Å². The van der Waals surface area contributed by atoms with Crippen LogP contribution in [0.1, 0.15) is 0 Å². The number of phenols is 1. The molecule has 12 heteroatoms. The average Bonchev–Trinajstić information content (AvgIpc) is 2.80. The zero-order chi connectivity index (χ0) is 20.0. The van der Waals surface area contributed by atoms with Gasteiger partial charge in [-0.25, -0.2) is 21.8 Å². The summed E-state index contributed by atoms with van der Waals surface area (Å²) in [6, 6.07) is 8.00. The van der Waals surface area contributed by atoms with Gasteiger partial charge in [0, 0.05) is 11.3 Å². The predicted molar refractivity (Wildman–Crippen MR) is 96.4 cm³/mol. The van der Waals surface area contributed by atoms with E-state index in [2.05, 4.69) is 4.72 Å². The van der Waals surface area contributed by atoms with E-state index in [9.17, 15) is 31.1 Å². The highest BCUT2D eigenvalue weighted by Crippen LogP contribution is 2.38. The van der Waals surface area contributed by atoms with Crippen molar-refractivity contribution in [3.05, 3.63) is 42.2 Å². The number of carbonyl (C=O) groups excluding carboxylic acids is 1. The van der Waals surface area contributed by atoms with Gasteiger partial charge in [0.2, 0.25) is 10.0 Å². The largest absolute Gasteiger partial charge is 0.506 e. The predicted octanol–water partition coefficient (Wildman–Crippen LogP) is 0.751. The Balaban J connectivity index is 2.05. The number of carbonyl (C=O) groups is 1.